The Bertz CT molecular complexity index is 947. The van der Waals surface area contributed by atoms with Gasteiger partial charge in [-0.05, 0) is 42.7 Å². The molecule has 2 amide bonds. The first-order valence-corrected chi connectivity index (χ1v) is 9.79. The van der Waals surface area contributed by atoms with Crippen LogP contribution in [-0.2, 0) is 26.9 Å². The summed E-state index contributed by atoms with van der Waals surface area (Å²) in [6, 6.07) is 10.3. The maximum atomic E-state index is 13.1. The minimum absolute atomic E-state index is 0.0198. The monoisotopic (exact) mass is 436 g/mol. The molecule has 0 saturated heterocycles. The lowest BCUT2D eigenvalue weighted by Gasteiger charge is -2.24. The zero-order valence-electron chi connectivity index (χ0n) is 16.9. The molecule has 0 unspecified atom stereocenters. The lowest BCUT2D eigenvalue weighted by atomic mass is 9.89. The first kappa shape index (κ1) is 22.6. The van der Waals surface area contributed by atoms with Gasteiger partial charge in [0.05, 0.1) is 17.9 Å². The van der Waals surface area contributed by atoms with Crippen molar-refractivity contribution < 1.29 is 32.2 Å². The van der Waals surface area contributed by atoms with Crippen LogP contribution in [0.4, 0.5) is 24.5 Å². The third-order valence-electron chi connectivity index (χ3n) is 4.96. The van der Waals surface area contributed by atoms with Crippen LogP contribution in [0.3, 0.4) is 0 Å². The topological polar surface area (TPSA) is 76.7 Å². The number of fused-ring (bicyclic) bond motifs is 1. The highest BCUT2D eigenvalue weighted by Crippen LogP contribution is 2.35. The SMILES string of the molecule is COCCOc1ccc(C(F)(F)F)cc1NC(=O)CC[C@H]1Cc2ccccc2NC1=O. The van der Waals surface area contributed by atoms with Gasteiger partial charge in [0.15, 0.2) is 0 Å². The van der Waals surface area contributed by atoms with E-state index in [1.54, 1.807) is 0 Å². The molecule has 1 aliphatic heterocycles. The molecule has 2 aromatic rings. The number of methoxy groups -OCH3 is 1. The number of rotatable bonds is 8. The predicted molar refractivity (Wildman–Crippen MR) is 109 cm³/mol. The minimum Gasteiger partial charge on any atom is -0.489 e. The summed E-state index contributed by atoms with van der Waals surface area (Å²) in [4.78, 5) is 24.7. The maximum absolute atomic E-state index is 13.1. The standard InChI is InChI=1S/C22H23F3N2O4/c1-30-10-11-31-19-8-7-16(22(23,24)25)13-18(19)26-20(28)9-6-15-12-14-4-2-3-5-17(14)27-21(15)29/h2-5,7-8,13,15H,6,9-12H2,1H3,(H,26,28)(H,27,29)/t15-/m0/s1. The van der Waals surface area contributed by atoms with Crippen molar-refractivity contribution in [3.8, 4) is 5.75 Å². The average molecular weight is 436 g/mol. The van der Waals surface area contributed by atoms with Gasteiger partial charge in [0.25, 0.3) is 0 Å². The Balaban J connectivity index is 1.65. The van der Waals surface area contributed by atoms with Gasteiger partial charge < -0.3 is 20.1 Å². The number of alkyl halides is 3. The fourth-order valence-electron chi connectivity index (χ4n) is 3.33. The van der Waals surface area contributed by atoms with Crippen molar-refractivity contribution in [1.82, 2.24) is 0 Å². The number of ether oxygens (including phenoxy) is 2. The molecule has 9 heteroatoms. The fraction of sp³-hybridized carbons (Fsp3) is 0.364. The summed E-state index contributed by atoms with van der Waals surface area (Å²) in [5, 5.41) is 5.30. The molecule has 1 atom stereocenters. The van der Waals surface area contributed by atoms with E-state index in [1.807, 2.05) is 24.3 Å². The summed E-state index contributed by atoms with van der Waals surface area (Å²) in [6.07, 6.45) is -3.80. The quantitative estimate of drug-likeness (QED) is 0.607. The van der Waals surface area contributed by atoms with Crippen LogP contribution in [0.1, 0.15) is 24.0 Å². The van der Waals surface area contributed by atoms with E-state index in [1.165, 1.54) is 13.2 Å². The molecule has 166 valence electrons. The number of benzene rings is 2. The highest BCUT2D eigenvalue weighted by molar-refractivity contribution is 5.97. The van der Waals surface area contributed by atoms with Crippen molar-refractivity contribution in [2.45, 2.75) is 25.4 Å². The molecular weight excluding hydrogens is 413 g/mol. The van der Waals surface area contributed by atoms with E-state index in [0.29, 0.717) is 6.42 Å². The molecule has 1 heterocycles. The highest BCUT2D eigenvalue weighted by atomic mass is 19.4. The largest absolute Gasteiger partial charge is 0.489 e. The first-order valence-electron chi connectivity index (χ1n) is 9.79. The van der Waals surface area contributed by atoms with Crippen LogP contribution in [0.5, 0.6) is 5.75 Å². The van der Waals surface area contributed by atoms with Crippen LogP contribution >= 0.6 is 0 Å². The number of amides is 2. The number of carbonyl (C=O) groups excluding carboxylic acids is 2. The number of carbonyl (C=O) groups is 2. The van der Waals surface area contributed by atoms with Crippen molar-refractivity contribution in [2.24, 2.45) is 5.92 Å². The zero-order valence-corrected chi connectivity index (χ0v) is 16.9. The van der Waals surface area contributed by atoms with Gasteiger partial charge >= 0.3 is 6.18 Å². The first-order chi connectivity index (χ1) is 14.8. The molecule has 1 aliphatic rings. The second-order valence-corrected chi connectivity index (χ2v) is 7.18. The van der Waals surface area contributed by atoms with Crippen molar-refractivity contribution in [1.29, 1.82) is 0 Å². The molecule has 2 N–H and O–H groups in total. The van der Waals surface area contributed by atoms with E-state index < -0.39 is 17.6 Å². The van der Waals surface area contributed by atoms with E-state index in [-0.39, 0.29) is 49.3 Å². The van der Waals surface area contributed by atoms with Crippen LogP contribution in [0.15, 0.2) is 42.5 Å². The maximum Gasteiger partial charge on any atom is 0.416 e. The number of anilines is 2. The summed E-state index contributed by atoms with van der Waals surface area (Å²) in [5.41, 5.74) is 0.772. The molecule has 31 heavy (non-hydrogen) atoms. The van der Waals surface area contributed by atoms with E-state index in [0.717, 1.165) is 23.4 Å². The summed E-state index contributed by atoms with van der Waals surface area (Å²) >= 11 is 0. The summed E-state index contributed by atoms with van der Waals surface area (Å²) in [5.74, 6) is -0.945. The molecule has 0 aromatic heterocycles. The molecule has 0 fully saturated rings. The minimum atomic E-state index is -4.56. The van der Waals surface area contributed by atoms with Crippen molar-refractivity contribution in [3.05, 3.63) is 53.6 Å². The van der Waals surface area contributed by atoms with E-state index in [4.69, 9.17) is 9.47 Å². The van der Waals surface area contributed by atoms with Crippen molar-refractivity contribution in [2.75, 3.05) is 31.0 Å². The molecular formula is C22H23F3N2O4. The van der Waals surface area contributed by atoms with Gasteiger partial charge in [0.2, 0.25) is 11.8 Å². The molecule has 6 nitrogen and oxygen atoms in total. The number of halogens is 3. The lowest BCUT2D eigenvalue weighted by molar-refractivity contribution is -0.137. The third-order valence-corrected chi connectivity index (χ3v) is 4.96. The van der Waals surface area contributed by atoms with E-state index >= 15 is 0 Å². The fourth-order valence-corrected chi connectivity index (χ4v) is 3.33. The van der Waals surface area contributed by atoms with Crippen LogP contribution < -0.4 is 15.4 Å². The van der Waals surface area contributed by atoms with Crippen LogP contribution in [0.2, 0.25) is 0 Å². The van der Waals surface area contributed by atoms with E-state index in [9.17, 15) is 22.8 Å². The lowest BCUT2D eigenvalue weighted by Crippen LogP contribution is -2.30. The van der Waals surface area contributed by atoms with Gasteiger partial charge in [0.1, 0.15) is 12.4 Å². The Hall–Kier alpha value is -3.07. The van der Waals surface area contributed by atoms with Gasteiger partial charge in [-0.3, -0.25) is 9.59 Å². The average Bonchev–Trinajstić information content (AvgIpc) is 2.72. The Morgan fingerprint density at radius 2 is 1.97 bits per heavy atom. The number of para-hydroxylation sites is 1. The van der Waals surface area contributed by atoms with Crippen molar-refractivity contribution >= 4 is 23.2 Å². The summed E-state index contributed by atoms with van der Waals surface area (Å²) in [7, 11) is 1.47. The number of hydrogen-bond acceptors (Lipinski definition) is 4. The molecule has 0 spiro atoms. The Morgan fingerprint density at radius 1 is 1.19 bits per heavy atom. The summed E-state index contributed by atoms with van der Waals surface area (Å²) in [6.45, 7) is 0.360. The molecule has 0 radical (unpaired) electrons. The predicted octanol–water partition coefficient (Wildman–Crippen LogP) is 4.26. The van der Waals surface area contributed by atoms with Crippen molar-refractivity contribution in [3.63, 3.8) is 0 Å². The Labute approximate surface area is 177 Å². The molecule has 0 saturated carbocycles. The van der Waals surface area contributed by atoms with Crippen LogP contribution in [0, 0.1) is 5.92 Å². The van der Waals surface area contributed by atoms with Gasteiger partial charge in [-0.15, -0.1) is 0 Å². The van der Waals surface area contributed by atoms with Gasteiger partial charge in [-0.1, -0.05) is 18.2 Å². The zero-order chi connectivity index (χ0) is 22.4. The number of hydrogen-bond donors (Lipinski definition) is 2. The highest BCUT2D eigenvalue weighted by Gasteiger charge is 2.31. The van der Waals surface area contributed by atoms with Crippen LogP contribution in [-0.4, -0.2) is 32.1 Å². The smallest absolute Gasteiger partial charge is 0.416 e. The second-order valence-electron chi connectivity index (χ2n) is 7.18. The normalized spacial score (nSPS) is 15.7. The van der Waals surface area contributed by atoms with Gasteiger partial charge in [0, 0.05) is 25.1 Å². The van der Waals surface area contributed by atoms with Gasteiger partial charge in [-0.2, -0.15) is 13.2 Å². The second kappa shape index (κ2) is 9.82. The number of nitrogens with one attached hydrogen (secondary N) is 2. The third kappa shape index (κ3) is 5.97. The molecule has 3 rings (SSSR count). The van der Waals surface area contributed by atoms with Crippen LogP contribution in [0.25, 0.3) is 0 Å². The molecule has 2 aromatic carbocycles. The Morgan fingerprint density at radius 3 is 2.71 bits per heavy atom. The summed E-state index contributed by atoms with van der Waals surface area (Å²) < 4.78 is 49.5. The van der Waals surface area contributed by atoms with Gasteiger partial charge in [-0.25, -0.2) is 0 Å². The molecule has 0 aliphatic carbocycles. The Kier molecular flexibility index (Phi) is 7.17. The molecule has 0 bridgehead atoms. The van der Waals surface area contributed by atoms with E-state index in [2.05, 4.69) is 10.6 Å².